The molecular formula is C13H13N3O2. The number of carbonyl (C=O) groups excluding carboxylic acids is 1. The lowest BCUT2D eigenvalue weighted by Crippen LogP contribution is -2.35. The van der Waals surface area contributed by atoms with E-state index >= 15 is 0 Å². The van der Waals surface area contributed by atoms with Crippen LogP contribution in [0, 0.1) is 0 Å². The van der Waals surface area contributed by atoms with E-state index in [-0.39, 0.29) is 5.91 Å². The Morgan fingerprint density at radius 2 is 2.28 bits per heavy atom. The molecule has 5 heteroatoms. The molecule has 1 aromatic carbocycles. The van der Waals surface area contributed by atoms with Gasteiger partial charge in [-0.1, -0.05) is 11.2 Å². The summed E-state index contributed by atoms with van der Waals surface area (Å²) in [6, 6.07) is 7.26. The quantitative estimate of drug-likeness (QED) is 0.776. The molecule has 0 unspecified atom stereocenters. The number of hydrogen-bond acceptors (Lipinski definition) is 4. The Balaban J connectivity index is 2.01. The molecule has 92 valence electrons. The number of rotatable bonds is 1. The summed E-state index contributed by atoms with van der Waals surface area (Å²) in [6.07, 6.45) is 3.32. The zero-order valence-corrected chi connectivity index (χ0v) is 9.80. The highest BCUT2D eigenvalue weighted by atomic mass is 16.5. The molecule has 0 saturated carbocycles. The van der Waals surface area contributed by atoms with Crippen molar-refractivity contribution in [2.24, 2.45) is 0 Å². The summed E-state index contributed by atoms with van der Waals surface area (Å²) in [4.78, 5) is 14.0. The Morgan fingerprint density at radius 1 is 1.39 bits per heavy atom. The van der Waals surface area contributed by atoms with Crippen LogP contribution in [0.15, 0.2) is 35.1 Å². The van der Waals surface area contributed by atoms with Crippen molar-refractivity contribution in [3.05, 3.63) is 41.8 Å². The van der Waals surface area contributed by atoms with Gasteiger partial charge in [0, 0.05) is 24.0 Å². The first-order chi connectivity index (χ1) is 8.75. The number of fused-ring (bicyclic) bond motifs is 1. The van der Waals surface area contributed by atoms with Gasteiger partial charge in [0.15, 0.2) is 5.69 Å². The van der Waals surface area contributed by atoms with Crippen molar-refractivity contribution in [2.45, 2.75) is 12.8 Å². The van der Waals surface area contributed by atoms with Crippen molar-refractivity contribution < 1.29 is 9.32 Å². The first-order valence-corrected chi connectivity index (χ1v) is 5.86. The van der Waals surface area contributed by atoms with Crippen LogP contribution in [-0.2, 0) is 6.42 Å². The van der Waals surface area contributed by atoms with Crippen LogP contribution >= 0.6 is 0 Å². The van der Waals surface area contributed by atoms with Gasteiger partial charge in [-0.3, -0.25) is 4.79 Å². The molecule has 3 rings (SSSR count). The van der Waals surface area contributed by atoms with E-state index in [0.29, 0.717) is 17.9 Å². The highest BCUT2D eigenvalue weighted by molar-refractivity contribution is 6.05. The van der Waals surface area contributed by atoms with Crippen LogP contribution in [0.5, 0.6) is 0 Å². The molecule has 0 radical (unpaired) electrons. The van der Waals surface area contributed by atoms with Gasteiger partial charge in [-0.15, -0.1) is 0 Å². The average molecular weight is 243 g/mol. The molecule has 0 fully saturated rings. The van der Waals surface area contributed by atoms with E-state index in [1.165, 1.54) is 6.26 Å². The molecule has 1 amide bonds. The largest absolute Gasteiger partial charge is 0.399 e. The third-order valence-corrected chi connectivity index (χ3v) is 3.13. The number of carbonyl (C=O) groups is 1. The molecule has 2 heterocycles. The third kappa shape index (κ3) is 1.73. The first kappa shape index (κ1) is 10.8. The topological polar surface area (TPSA) is 72.4 Å². The fourth-order valence-corrected chi connectivity index (χ4v) is 2.26. The Bertz CT molecular complexity index is 578. The minimum Gasteiger partial charge on any atom is -0.399 e. The summed E-state index contributed by atoms with van der Waals surface area (Å²) in [5.74, 6) is -0.143. The van der Waals surface area contributed by atoms with Crippen LogP contribution in [0.4, 0.5) is 11.4 Å². The number of aryl methyl sites for hydroxylation is 1. The van der Waals surface area contributed by atoms with Crippen molar-refractivity contribution in [1.82, 2.24) is 5.16 Å². The van der Waals surface area contributed by atoms with E-state index in [1.807, 2.05) is 18.2 Å². The zero-order valence-electron chi connectivity index (χ0n) is 9.80. The molecule has 0 aliphatic carbocycles. The van der Waals surface area contributed by atoms with E-state index in [1.54, 1.807) is 11.0 Å². The summed E-state index contributed by atoms with van der Waals surface area (Å²) in [7, 11) is 0. The van der Waals surface area contributed by atoms with Gasteiger partial charge in [-0.25, -0.2) is 0 Å². The van der Waals surface area contributed by atoms with E-state index in [4.69, 9.17) is 10.3 Å². The van der Waals surface area contributed by atoms with Gasteiger partial charge in [0.1, 0.15) is 6.26 Å². The van der Waals surface area contributed by atoms with Crippen LogP contribution in [0.2, 0.25) is 0 Å². The van der Waals surface area contributed by atoms with Crippen molar-refractivity contribution >= 4 is 17.3 Å². The molecule has 2 aromatic rings. The minimum atomic E-state index is -0.143. The molecule has 1 aromatic heterocycles. The lowest BCUT2D eigenvalue weighted by Gasteiger charge is -2.29. The van der Waals surface area contributed by atoms with Gasteiger partial charge in [0.25, 0.3) is 5.91 Å². The summed E-state index contributed by atoms with van der Waals surface area (Å²) >= 11 is 0. The SMILES string of the molecule is Nc1ccc2c(c1)N(C(=O)c1ccon1)CCC2. The summed E-state index contributed by atoms with van der Waals surface area (Å²) in [5.41, 5.74) is 8.81. The molecule has 1 aliphatic heterocycles. The lowest BCUT2D eigenvalue weighted by molar-refractivity contribution is 0.0976. The molecule has 0 atom stereocenters. The number of amides is 1. The van der Waals surface area contributed by atoms with Gasteiger partial charge in [-0.05, 0) is 30.5 Å². The number of benzene rings is 1. The van der Waals surface area contributed by atoms with Crippen LogP contribution in [0.25, 0.3) is 0 Å². The van der Waals surface area contributed by atoms with Gasteiger partial charge < -0.3 is 15.2 Å². The minimum absolute atomic E-state index is 0.143. The maximum absolute atomic E-state index is 12.3. The normalized spacial score (nSPS) is 14.3. The van der Waals surface area contributed by atoms with Crippen LogP contribution in [0.1, 0.15) is 22.5 Å². The predicted molar refractivity (Wildman–Crippen MR) is 67.4 cm³/mol. The summed E-state index contributed by atoms with van der Waals surface area (Å²) in [6.45, 7) is 0.683. The number of nitrogen functional groups attached to an aromatic ring is 1. The number of anilines is 2. The Labute approximate surface area is 104 Å². The Hall–Kier alpha value is -2.30. The average Bonchev–Trinajstić information content (AvgIpc) is 2.91. The highest BCUT2D eigenvalue weighted by Crippen LogP contribution is 2.30. The van der Waals surface area contributed by atoms with Crippen LogP contribution in [0.3, 0.4) is 0 Å². The first-order valence-electron chi connectivity index (χ1n) is 5.86. The molecular weight excluding hydrogens is 230 g/mol. The second kappa shape index (κ2) is 4.18. The van der Waals surface area contributed by atoms with Crippen molar-refractivity contribution in [1.29, 1.82) is 0 Å². The third-order valence-electron chi connectivity index (χ3n) is 3.13. The van der Waals surface area contributed by atoms with Crippen LogP contribution in [-0.4, -0.2) is 17.6 Å². The second-order valence-electron chi connectivity index (χ2n) is 4.33. The number of aromatic nitrogens is 1. The fourth-order valence-electron chi connectivity index (χ4n) is 2.26. The lowest BCUT2D eigenvalue weighted by atomic mass is 10.0. The van der Waals surface area contributed by atoms with Gasteiger partial charge >= 0.3 is 0 Å². The molecule has 5 nitrogen and oxygen atoms in total. The molecule has 0 saturated heterocycles. The van der Waals surface area contributed by atoms with E-state index in [2.05, 4.69) is 5.16 Å². The van der Waals surface area contributed by atoms with E-state index < -0.39 is 0 Å². The molecule has 1 aliphatic rings. The molecule has 0 spiro atoms. The van der Waals surface area contributed by atoms with Crippen LogP contribution < -0.4 is 10.6 Å². The maximum atomic E-state index is 12.3. The summed E-state index contributed by atoms with van der Waals surface area (Å²) in [5, 5.41) is 3.69. The smallest absolute Gasteiger partial charge is 0.280 e. The standard InChI is InChI=1S/C13H13N3O2/c14-10-4-3-9-2-1-6-16(12(9)8-10)13(17)11-5-7-18-15-11/h3-5,7-8H,1-2,6,14H2. The van der Waals surface area contributed by atoms with Crippen molar-refractivity contribution in [3.8, 4) is 0 Å². The Morgan fingerprint density at radius 3 is 3.06 bits per heavy atom. The molecule has 2 N–H and O–H groups in total. The highest BCUT2D eigenvalue weighted by Gasteiger charge is 2.25. The fraction of sp³-hybridized carbons (Fsp3) is 0.231. The predicted octanol–water partition coefficient (Wildman–Crippen LogP) is 1.85. The van der Waals surface area contributed by atoms with Gasteiger partial charge in [0.2, 0.25) is 0 Å². The molecule has 18 heavy (non-hydrogen) atoms. The summed E-state index contributed by atoms with van der Waals surface area (Å²) < 4.78 is 4.72. The van der Waals surface area contributed by atoms with Gasteiger partial charge in [0.05, 0.1) is 0 Å². The maximum Gasteiger partial charge on any atom is 0.280 e. The second-order valence-corrected chi connectivity index (χ2v) is 4.33. The van der Waals surface area contributed by atoms with Crippen molar-refractivity contribution in [2.75, 3.05) is 17.2 Å². The zero-order chi connectivity index (χ0) is 12.5. The Kier molecular flexibility index (Phi) is 2.51. The van der Waals surface area contributed by atoms with Crippen molar-refractivity contribution in [3.63, 3.8) is 0 Å². The number of hydrogen-bond donors (Lipinski definition) is 1. The van der Waals surface area contributed by atoms with Gasteiger partial charge in [-0.2, -0.15) is 0 Å². The monoisotopic (exact) mass is 243 g/mol. The van der Waals surface area contributed by atoms with E-state index in [0.717, 1.165) is 24.1 Å². The molecule has 0 bridgehead atoms. The number of nitrogens with zero attached hydrogens (tertiary/aromatic N) is 2. The number of nitrogens with two attached hydrogens (primary N) is 1. The van der Waals surface area contributed by atoms with E-state index in [9.17, 15) is 4.79 Å².